The van der Waals surface area contributed by atoms with Crippen LogP contribution in [0.2, 0.25) is 5.02 Å². The third kappa shape index (κ3) is 6.49. The smallest absolute Gasteiger partial charge is 0.253 e. The molecule has 0 radical (unpaired) electrons. The van der Waals surface area contributed by atoms with Crippen molar-refractivity contribution in [2.75, 3.05) is 26.9 Å². The molecule has 0 aliphatic rings. The molecule has 1 atom stereocenters. The molecule has 2 aromatic carbocycles. The van der Waals surface area contributed by atoms with Crippen molar-refractivity contribution in [2.24, 2.45) is 0 Å². The summed E-state index contributed by atoms with van der Waals surface area (Å²) >= 11 is 6.07. The number of carbonyl (C=O) groups excluding carboxylic acids is 1. The van der Waals surface area contributed by atoms with Crippen LogP contribution in [0.4, 0.5) is 0 Å². The van der Waals surface area contributed by atoms with Gasteiger partial charge in [0.1, 0.15) is 12.4 Å². The van der Waals surface area contributed by atoms with Crippen LogP contribution in [0.25, 0.3) is 0 Å². The Morgan fingerprint density at radius 1 is 1.18 bits per heavy atom. The number of para-hydroxylation sites is 1. The molecular formula is C19H23ClN2O5S. The van der Waals surface area contributed by atoms with Gasteiger partial charge in [0.05, 0.1) is 22.1 Å². The summed E-state index contributed by atoms with van der Waals surface area (Å²) in [4.78, 5) is 12.3. The molecule has 7 nitrogen and oxygen atoms in total. The van der Waals surface area contributed by atoms with E-state index < -0.39 is 15.9 Å². The number of halogens is 1. The van der Waals surface area contributed by atoms with Crippen molar-refractivity contribution >= 4 is 27.5 Å². The summed E-state index contributed by atoms with van der Waals surface area (Å²) in [7, 11) is -2.30. The number of ether oxygens (including phenoxy) is 2. The second-order valence-corrected chi connectivity index (χ2v) is 8.20. The fourth-order valence-electron chi connectivity index (χ4n) is 2.38. The van der Waals surface area contributed by atoms with E-state index in [1.165, 1.54) is 25.3 Å². The molecule has 2 N–H and O–H groups in total. The molecule has 28 heavy (non-hydrogen) atoms. The lowest BCUT2D eigenvalue weighted by Crippen LogP contribution is -2.36. The topological polar surface area (TPSA) is 93.7 Å². The second-order valence-electron chi connectivity index (χ2n) is 6.03. The molecule has 0 aliphatic heterocycles. The minimum Gasteiger partial charge on any atom is -0.492 e. The maximum Gasteiger partial charge on any atom is 0.253 e. The fraction of sp³-hybridized carbons (Fsp3) is 0.316. The van der Waals surface area contributed by atoms with E-state index in [1.807, 2.05) is 18.2 Å². The first-order valence-corrected chi connectivity index (χ1v) is 10.5. The third-order valence-corrected chi connectivity index (χ3v) is 5.48. The minimum absolute atomic E-state index is 0.0545. The quantitative estimate of drug-likeness (QED) is 0.569. The Morgan fingerprint density at radius 2 is 1.89 bits per heavy atom. The summed E-state index contributed by atoms with van der Waals surface area (Å²) in [5.41, 5.74) is 0.0769. The maximum atomic E-state index is 12.5. The van der Waals surface area contributed by atoms with Crippen molar-refractivity contribution in [3.63, 3.8) is 0 Å². The molecule has 0 saturated heterocycles. The van der Waals surface area contributed by atoms with Crippen LogP contribution in [0.15, 0.2) is 53.4 Å². The van der Waals surface area contributed by atoms with Gasteiger partial charge in [-0.3, -0.25) is 4.79 Å². The predicted octanol–water partition coefficient (Wildman–Crippen LogP) is 2.46. The number of benzene rings is 2. The van der Waals surface area contributed by atoms with E-state index in [-0.39, 0.29) is 34.7 Å². The highest BCUT2D eigenvalue weighted by Crippen LogP contribution is 2.20. The largest absolute Gasteiger partial charge is 0.492 e. The van der Waals surface area contributed by atoms with Crippen LogP contribution in [0.3, 0.4) is 0 Å². The Bertz CT molecular complexity index is 890. The Labute approximate surface area is 170 Å². The first-order chi connectivity index (χ1) is 13.3. The van der Waals surface area contributed by atoms with E-state index in [4.69, 9.17) is 21.1 Å². The first-order valence-electron chi connectivity index (χ1n) is 8.60. The van der Waals surface area contributed by atoms with E-state index in [9.17, 15) is 13.2 Å². The summed E-state index contributed by atoms with van der Waals surface area (Å²) in [6, 6.07) is 12.8. The molecule has 1 unspecified atom stereocenters. The van der Waals surface area contributed by atoms with Crippen molar-refractivity contribution in [2.45, 2.75) is 17.9 Å². The molecule has 0 saturated carbocycles. The number of rotatable bonds is 10. The van der Waals surface area contributed by atoms with E-state index >= 15 is 0 Å². The zero-order valence-corrected chi connectivity index (χ0v) is 17.2. The summed E-state index contributed by atoms with van der Waals surface area (Å²) in [6.07, 6.45) is 0. The Hall–Kier alpha value is -2.13. The van der Waals surface area contributed by atoms with Crippen LogP contribution in [0.5, 0.6) is 5.75 Å². The summed E-state index contributed by atoms with van der Waals surface area (Å²) in [5.74, 6) is 0.177. The van der Waals surface area contributed by atoms with Gasteiger partial charge < -0.3 is 14.8 Å². The Balaban J connectivity index is 2.01. The average molecular weight is 427 g/mol. The zero-order valence-electron chi connectivity index (χ0n) is 15.6. The van der Waals surface area contributed by atoms with Gasteiger partial charge in [-0.05, 0) is 37.3 Å². The van der Waals surface area contributed by atoms with E-state index in [0.717, 1.165) is 0 Å². The molecule has 0 heterocycles. The van der Waals surface area contributed by atoms with Crippen molar-refractivity contribution < 1.29 is 22.7 Å². The number of hydrogen-bond acceptors (Lipinski definition) is 5. The van der Waals surface area contributed by atoms with Gasteiger partial charge >= 0.3 is 0 Å². The lowest BCUT2D eigenvalue weighted by Gasteiger charge is -2.14. The van der Waals surface area contributed by atoms with E-state index in [0.29, 0.717) is 12.4 Å². The third-order valence-electron chi connectivity index (χ3n) is 3.69. The van der Waals surface area contributed by atoms with Gasteiger partial charge in [-0.2, -0.15) is 0 Å². The summed E-state index contributed by atoms with van der Waals surface area (Å²) in [5, 5.41) is 2.86. The summed E-state index contributed by atoms with van der Waals surface area (Å²) in [6.45, 7) is 2.33. The molecule has 2 rings (SSSR count). The van der Waals surface area contributed by atoms with Gasteiger partial charge in [0.15, 0.2) is 0 Å². The SMILES string of the molecule is COCC(C)NC(=O)c1cc(S(=O)(=O)NCCOc2ccccc2)ccc1Cl. The number of hydrogen-bond donors (Lipinski definition) is 2. The molecule has 9 heteroatoms. The highest BCUT2D eigenvalue weighted by atomic mass is 35.5. The Kier molecular flexibility index (Phi) is 8.25. The van der Waals surface area contributed by atoms with Crippen LogP contribution in [-0.2, 0) is 14.8 Å². The standard InChI is InChI=1S/C19H23ClN2O5S/c1-14(13-26-2)22-19(23)17-12-16(8-9-18(17)20)28(24,25)21-10-11-27-15-6-4-3-5-7-15/h3-9,12,14,21H,10-11,13H2,1-2H3,(H,22,23). The van der Waals surface area contributed by atoms with E-state index in [2.05, 4.69) is 10.0 Å². The van der Waals surface area contributed by atoms with Gasteiger partial charge in [-0.1, -0.05) is 29.8 Å². The number of methoxy groups -OCH3 is 1. The summed E-state index contributed by atoms with van der Waals surface area (Å²) < 4.78 is 37.9. The predicted molar refractivity (Wildman–Crippen MR) is 107 cm³/mol. The van der Waals surface area contributed by atoms with Gasteiger partial charge in [0.25, 0.3) is 5.91 Å². The fourth-order valence-corrected chi connectivity index (χ4v) is 3.63. The van der Waals surface area contributed by atoms with Gasteiger partial charge in [-0.25, -0.2) is 13.1 Å². The number of amides is 1. The van der Waals surface area contributed by atoms with Crippen LogP contribution in [-0.4, -0.2) is 47.2 Å². The lowest BCUT2D eigenvalue weighted by atomic mass is 10.2. The number of carbonyl (C=O) groups is 1. The molecule has 0 aliphatic carbocycles. The van der Waals surface area contributed by atoms with Crippen molar-refractivity contribution in [3.05, 3.63) is 59.1 Å². The average Bonchev–Trinajstić information content (AvgIpc) is 2.66. The van der Waals surface area contributed by atoms with Crippen molar-refractivity contribution in [1.29, 1.82) is 0 Å². The monoisotopic (exact) mass is 426 g/mol. The molecule has 0 aromatic heterocycles. The van der Waals surface area contributed by atoms with Crippen molar-refractivity contribution in [3.8, 4) is 5.75 Å². The van der Waals surface area contributed by atoms with Crippen LogP contribution >= 0.6 is 11.6 Å². The highest BCUT2D eigenvalue weighted by Gasteiger charge is 2.19. The van der Waals surface area contributed by atoms with E-state index in [1.54, 1.807) is 19.1 Å². The lowest BCUT2D eigenvalue weighted by molar-refractivity contribution is 0.0905. The van der Waals surface area contributed by atoms with Crippen LogP contribution < -0.4 is 14.8 Å². The molecule has 0 bridgehead atoms. The molecule has 152 valence electrons. The van der Waals surface area contributed by atoms with Crippen molar-refractivity contribution in [1.82, 2.24) is 10.0 Å². The minimum atomic E-state index is -3.82. The number of sulfonamides is 1. The first kappa shape index (κ1) is 22.2. The molecular weight excluding hydrogens is 404 g/mol. The second kappa shape index (κ2) is 10.4. The van der Waals surface area contributed by atoms with Crippen LogP contribution in [0.1, 0.15) is 17.3 Å². The molecule has 1 amide bonds. The molecule has 0 fully saturated rings. The number of nitrogens with one attached hydrogen (secondary N) is 2. The maximum absolute atomic E-state index is 12.5. The normalized spacial score (nSPS) is 12.4. The highest BCUT2D eigenvalue weighted by molar-refractivity contribution is 7.89. The van der Waals surface area contributed by atoms with Crippen LogP contribution in [0, 0.1) is 0 Å². The van der Waals surface area contributed by atoms with Gasteiger partial charge in [-0.15, -0.1) is 0 Å². The molecule has 2 aromatic rings. The Morgan fingerprint density at radius 3 is 2.57 bits per heavy atom. The van der Waals surface area contributed by atoms with Gasteiger partial charge in [0.2, 0.25) is 10.0 Å². The zero-order chi connectivity index (χ0) is 20.6. The molecule has 0 spiro atoms. The van der Waals surface area contributed by atoms with Gasteiger partial charge in [0, 0.05) is 19.7 Å².